The Hall–Kier alpha value is -4.24. The first-order chi connectivity index (χ1) is 24.0. The molecule has 0 saturated carbocycles. The molecule has 3 heteroatoms. The second-order valence-electron chi connectivity index (χ2n) is 17.6. The van der Waals surface area contributed by atoms with Crippen LogP contribution in [0.1, 0.15) is 106 Å². The van der Waals surface area contributed by atoms with Gasteiger partial charge in [0.1, 0.15) is 0 Å². The number of anilines is 6. The first-order valence-corrected chi connectivity index (χ1v) is 19.2. The van der Waals surface area contributed by atoms with E-state index in [9.17, 15) is 0 Å². The summed E-state index contributed by atoms with van der Waals surface area (Å²) in [7, 11) is 0. The van der Waals surface area contributed by atoms with Gasteiger partial charge in [0, 0.05) is 28.4 Å². The molecule has 4 aliphatic rings. The summed E-state index contributed by atoms with van der Waals surface area (Å²) in [4.78, 5) is 5.37. The molecule has 2 heterocycles. The number of hydrogen-bond donors (Lipinski definition) is 0. The fourth-order valence-electron chi connectivity index (χ4n) is 9.54. The van der Waals surface area contributed by atoms with Crippen LogP contribution in [-0.2, 0) is 36.5 Å². The number of aryl methyl sites for hydroxylation is 3. The Morgan fingerprint density at radius 2 is 1.00 bits per heavy atom. The molecule has 0 aromatic heterocycles. The maximum Gasteiger partial charge on any atom is 0.252 e. The zero-order valence-corrected chi connectivity index (χ0v) is 31.2. The largest absolute Gasteiger partial charge is 0.311 e. The summed E-state index contributed by atoms with van der Waals surface area (Å²) in [6.45, 7) is 16.6. The lowest BCUT2D eigenvalue weighted by Gasteiger charge is -2.46. The number of fused-ring (bicyclic) bond motifs is 6. The first-order valence-electron chi connectivity index (χ1n) is 19.2. The lowest BCUT2D eigenvalue weighted by atomic mass is 9.33. The molecule has 5 aromatic carbocycles. The highest BCUT2D eigenvalue weighted by atomic mass is 15.2. The molecule has 0 spiro atoms. The van der Waals surface area contributed by atoms with Gasteiger partial charge in [-0.1, -0.05) is 90.1 Å². The molecular formula is C47H51BN2. The van der Waals surface area contributed by atoms with Crippen molar-refractivity contribution in [3.05, 3.63) is 124 Å². The van der Waals surface area contributed by atoms with Gasteiger partial charge in [-0.3, -0.25) is 0 Å². The quantitative estimate of drug-likeness (QED) is 0.171. The Morgan fingerprint density at radius 1 is 0.520 bits per heavy atom. The molecule has 2 aliphatic heterocycles. The third-order valence-corrected chi connectivity index (χ3v) is 12.1. The second kappa shape index (κ2) is 11.4. The van der Waals surface area contributed by atoms with Gasteiger partial charge in [-0.15, -0.1) is 0 Å². The number of benzene rings is 5. The fourth-order valence-corrected chi connectivity index (χ4v) is 9.54. The number of nitrogens with zero attached hydrogens (tertiary/aromatic N) is 2. The van der Waals surface area contributed by atoms with Gasteiger partial charge in [-0.05, 0) is 161 Å². The molecule has 5 aromatic rings. The summed E-state index contributed by atoms with van der Waals surface area (Å²) in [5.41, 5.74) is 23.0. The van der Waals surface area contributed by atoms with E-state index in [1.54, 1.807) is 22.3 Å². The van der Waals surface area contributed by atoms with Crippen molar-refractivity contribution >= 4 is 57.2 Å². The van der Waals surface area contributed by atoms with Gasteiger partial charge in [0.25, 0.3) is 6.71 Å². The Bertz CT molecular complexity index is 2110. The predicted molar refractivity (Wildman–Crippen MR) is 216 cm³/mol. The van der Waals surface area contributed by atoms with Gasteiger partial charge < -0.3 is 9.80 Å². The van der Waals surface area contributed by atoms with E-state index in [1.165, 1.54) is 119 Å². The molecule has 252 valence electrons. The lowest BCUT2D eigenvalue weighted by molar-refractivity contribution is 0.569. The lowest BCUT2D eigenvalue weighted by Crippen LogP contribution is -2.61. The van der Waals surface area contributed by atoms with Crippen molar-refractivity contribution in [2.24, 2.45) is 0 Å². The number of hydrogen-bond acceptors (Lipinski definition) is 2. The van der Waals surface area contributed by atoms with E-state index in [1.807, 2.05) is 0 Å². The fraction of sp³-hybridized carbons (Fsp3) is 0.362. The molecule has 0 amide bonds. The monoisotopic (exact) mass is 654 g/mol. The van der Waals surface area contributed by atoms with Crippen LogP contribution < -0.4 is 26.2 Å². The Balaban J connectivity index is 1.37. The Kier molecular flexibility index (Phi) is 7.23. The van der Waals surface area contributed by atoms with Crippen LogP contribution in [0.15, 0.2) is 84.9 Å². The first kappa shape index (κ1) is 31.7. The third kappa shape index (κ3) is 4.90. The average molecular weight is 655 g/mol. The van der Waals surface area contributed by atoms with Crippen LogP contribution in [0.2, 0.25) is 0 Å². The van der Waals surface area contributed by atoms with E-state index < -0.39 is 0 Å². The maximum absolute atomic E-state index is 2.75. The van der Waals surface area contributed by atoms with Crippen LogP contribution in [0.4, 0.5) is 34.1 Å². The van der Waals surface area contributed by atoms with Crippen LogP contribution in [0.5, 0.6) is 0 Å². The topological polar surface area (TPSA) is 6.48 Å². The molecule has 0 fully saturated rings. The zero-order chi connectivity index (χ0) is 34.5. The molecule has 0 atom stereocenters. The van der Waals surface area contributed by atoms with E-state index >= 15 is 0 Å². The summed E-state index contributed by atoms with van der Waals surface area (Å²) >= 11 is 0. The van der Waals surface area contributed by atoms with Crippen molar-refractivity contribution in [2.75, 3.05) is 9.80 Å². The second-order valence-corrected chi connectivity index (χ2v) is 17.6. The molecule has 0 radical (unpaired) electrons. The van der Waals surface area contributed by atoms with Crippen LogP contribution in [0.25, 0.3) is 0 Å². The minimum Gasteiger partial charge on any atom is -0.311 e. The minimum absolute atomic E-state index is 0.0289. The number of rotatable bonds is 2. The summed E-state index contributed by atoms with van der Waals surface area (Å²) < 4.78 is 0. The standard InChI is InChI=1S/C47H51BN2/c1-30-24-42-44-43(25-30)50(45-36-18-10-8-16-31(36)26-32-17-9-11-19-37(32)45)41-23-15-13-21-39(41)48(44)38-20-12-14-22-40(38)49(42)35-28-33(46(2,3)4)27-34(29-35)47(5,6)7/h12-15,20-29H,8-11,16-19H2,1-7H3. The molecule has 9 rings (SSSR count). The average Bonchev–Trinajstić information content (AvgIpc) is 3.09. The highest BCUT2D eigenvalue weighted by Crippen LogP contribution is 2.49. The normalized spacial score (nSPS) is 16.3. The highest BCUT2D eigenvalue weighted by molar-refractivity contribution is 7.00. The van der Waals surface area contributed by atoms with Gasteiger partial charge in [-0.25, -0.2) is 0 Å². The summed E-state index contributed by atoms with van der Waals surface area (Å²) in [5.74, 6) is 0. The van der Waals surface area contributed by atoms with Crippen LogP contribution in [-0.4, -0.2) is 6.71 Å². The smallest absolute Gasteiger partial charge is 0.252 e. The van der Waals surface area contributed by atoms with E-state index in [0.717, 1.165) is 0 Å². The van der Waals surface area contributed by atoms with Crippen molar-refractivity contribution < 1.29 is 0 Å². The van der Waals surface area contributed by atoms with Crippen molar-refractivity contribution in [3.63, 3.8) is 0 Å². The van der Waals surface area contributed by atoms with Crippen LogP contribution in [0, 0.1) is 6.92 Å². The van der Waals surface area contributed by atoms with Crippen molar-refractivity contribution in [2.45, 2.75) is 111 Å². The minimum atomic E-state index is 0.0289. The molecule has 50 heavy (non-hydrogen) atoms. The summed E-state index contributed by atoms with van der Waals surface area (Å²) in [6.07, 6.45) is 9.95. The van der Waals surface area contributed by atoms with Crippen molar-refractivity contribution in [3.8, 4) is 0 Å². The summed E-state index contributed by atoms with van der Waals surface area (Å²) in [5, 5.41) is 0. The SMILES string of the molecule is Cc1cc2c3c(c1)N(c1c4c(cc5c1CCCC5)CCCC4)c1ccccc1B3c1ccccc1N2c1cc(C(C)(C)C)cc(C(C)(C)C)c1. The number of para-hydroxylation sites is 2. The Labute approximate surface area is 300 Å². The molecule has 0 saturated heterocycles. The molecular weight excluding hydrogens is 603 g/mol. The highest BCUT2D eigenvalue weighted by Gasteiger charge is 2.44. The van der Waals surface area contributed by atoms with Crippen LogP contribution >= 0.6 is 0 Å². The van der Waals surface area contributed by atoms with Gasteiger partial charge in [0.05, 0.1) is 5.69 Å². The van der Waals surface area contributed by atoms with E-state index in [0.29, 0.717) is 0 Å². The molecule has 0 unspecified atom stereocenters. The van der Waals surface area contributed by atoms with Crippen LogP contribution in [0.3, 0.4) is 0 Å². The van der Waals surface area contributed by atoms with E-state index in [4.69, 9.17) is 0 Å². The zero-order valence-electron chi connectivity index (χ0n) is 31.2. The third-order valence-electron chi connectivity index (χ3n) is 12.1. The molecule has 0 bridgehead atoms. The Morgan fingerprint density at radius 3 is 1.54 bits per heavy atom. The van der Waals surface area contributed by atoms with Crippen molar-refractivity contribution in [1.29, 1.82) is 0 Å². The predicted octanol–water partition coefficient (Wildman–Crippen LogP) is 10.4. The van der Waals surface area contributed by atoms with Gasteiger partial charge >= 0.3 is 0 Å². The molecule has 0 N–H and O–H groups in total. The van der Waals surface area contributed by atoms with E-state index in [2.05, 4.69) is 143 Å². The van der Waals surface area contributed by atoms with E-state index in [-0.39, 0.29) is 17.5 Å². The summed E-state index contributed by atoms with van der Waals surface area (Å²) in [6, 6.07) is 33.6. The van der Waals surface area contributed by atoms with Gasteiger partial charge in [0.2, 0.25) is 0 Å². The molecule has 2 nitrogen and oxygen atoms in total. The maximum atomic E-state index is 2.75. The van der Waals surface area contributed by atoms with Gasteiger partial charge in [-0.2, -0.15) is 0 Å². The van der Waals surface area contributed by atoms with Gasteiger partial charge in [0.15, 0.2) is 0 Å². The molecule has 2 aliphatic carbocycles. The van der Waals surface area contributed by atoms with Crippen molar-refractivity contribution in [1.82, 2.24) is 0 Å².